The van der Waals surface area contributed by atoms with E-state index < -0.39 is 12.8 Å². The van der Waals surface area contributed by atoms with Gasteiger partial charge in [0.25, 0.3) is 0 Å². The molecule has 9 heteroatoms. The fourth-order valence-electron chi connectivity index (χ4n) is 3.73. The van der Waals surface area contributed by atoms with E-state index in [0.717, 1.165) is 25.3 Å². The van der Waals surface area contributed by atoms with Crippen LogP contribution in [0.4, 0.5) is 13.2 Å². The molecule has 1 aromatic carbocycles. The van der Waals surface area contributed by atoms with E-state index in [1.54, 1.807) is 12.1 Å². The molecule has 2 unspecified atom stereocenters. The number of carbonyl (C=O) groups excluding carboxylic acids is 1. The van der Waals surface area contributed by atoms with Gasteiger partial charge in [0, 0.05) is 25.6 Å². The summed E-state index contributed by atoms with van der Waals surface area (Å²) < 4.78 is 52.6. The summed E-state index contributed by atoms with van der Waals surface area (Å²) in [6.07, 6.45) is -1.30. The smallest absolute Gasteiger partial charge is 0.422 e. The summed E-state index contributed by atoms with van der Waals surface area (Å²) in [4.78, 5) is 14.6. The minimum atomic E-state index is -4.42. The second-order valence-corrected chi connectivity index (χ2v) is 7.44. The van der Waals surface area contributed by atoms with Gasteiger partial charge in [-0.3, -0.25) is 9.69 Å². The predicted molar refractivity (Wildman–Crippen MR) is 100 cm³/mol. The van der Waals surface area contributed by atoms with E-state index in [0.29, 0.717) is 19.0 Å². The maximum absolute atomic E-state index is 12.3. The van der Waals surface area contributed by atoms with Crippen molar-refractivity contribution >= 4 is 5.91 Å². The Morgan fingerprint density at radius 2 is 2.17 bits per heavy atom. The summed E-state index contributed by atoms with van der Waals surface area (Å²) in [7, 11) is 1.36. The summed E-state index contributed by atoms with van der Waals surface area (Å²) in [6, 6.07) is 5.19. The predicted octanol–water partition coefficient (Wildman–Crippen LogP) is 2.55. The number of halogens is 3. The van der Waals surface area contributed by atoms with Gasteiger partial charge in [0.05, 0.1) is 19.8 Å². The summed E-state index contributed by atoms with van der Waals surface area (Å²) in [5.74, 6) is 0.143. The zero-order chi connectivity index (χ0) is 20.9. The molecule has 0 saturated carbocycles. The molecule has 2 aliphatic rings. The largest absolute Gasteiger partial charge is 0.493 e. The van der Waals surface area contributed by atoms with Crippen molar-refractivity contribution in [3.63, 3.8) is 0 Å². The van der Waals surface area contributed by atoms with Crippen molar-refractivity contribution < 1.29 is 32.2 Å². The molecule has 2 atom stereocenters. The van der Waals surface area contributed by atoms with Crippen LogP contribution in [0.15, 0.2) is 18.2 Å². The van der Waals surface area contributed by atoms with E-state index in [2.05, 4.69) is 10.2 Å². The topological polar surface area (TPSA) is 60.0 Å². The van der Waals surface area contributed by atoms with Gasteiger partial charge in [-0.2, -0.15) is 13.2 Å². The molecule has 2 heterocycles. The van der Waals surface area contributed by atoms with Gasteiger partial charge in [-0.25, -0.2) is 0 Å². The molecule has 0 aliphatic carbocycles. The van der Waals surface area contributed by atoms with Gasteiger partial charge in [0.1, 0.15) is 0 Å². The van der Waals surface area contributed by atoms with E-state index in [1.165, 1.54) is 26.0 Å². The Balaban J connectivity index is 1.42. The molecular weight excluding hydrogens is 389 g/mol. The third-order valence-corrected chi connectivity index (χ3v) is 5.25. The van der Waals surface area contributed by atoms with Crippen molar-refractivity contribution in [3.8, 4) is 11.5 Å². The first-order valence-electron chi connectivity index (χ1n) is 9.83. The molecular formula is C20H27F3N2O4. The average molecular weight is 416 g/mol. The molecule has 0 bridgehead atoms. The first kappa shape index (κ1) is 21.7. The maximum Gasteiger partial charge on any atom is 0.422 e. The average Bonchev–Trinajstić information content (AvgIpc) is 3.16. The molecule has 0 radical (unpaired) electrons. The molecule has 162 valence electrons. The normalized spacial score (nSPS) is 22.2. The van der Waals surface area contributed by atoms with E-state index in [-0.39, 0.29) is 29.9 Å². The van der Waals surface area contributed by atoms with Gasteiger partial charge in [0.2, 0.25) is 5.91 Å². The number of nitrogens with one attached hydrogen (secondary N) is 1. The number of alkyl halides is 3. The van der Waals surface area contributed by atoms with Crippen LogP contribution in [0.25, 0.3) is 0 Å². The molecule has 0 aromatic heterocycles. The van der Waals surface area contributed by atoms with Crippen LogP contribution in [0.3, 0.4) is 0 Å². The number of amides is 1. The van der Waals surface area contributed by atoms with Gasteiger partial charge in [0.15, 0.2) is 18.1 Å². The number of carbonyl (C=O) groups is 1. The van der Waals surface area contributed by atoms with Crippen LogP contribution in [-0.4, -0.2) is 69.1 Å². The van der Waals surface area contributed by atoms with Gasteiger partial charge in [-0.05, 0) is 43.5 Å². The number of nitrogens with zero attached hydrogens (tertiary/aromatic N) is 1. The van der Waals surface area contributed by atoms with Gasteiger partial charge < -0.3 is 19.5 Å². The second-order valence-electron chi connectivity index (χ2n) is 7.44. The van der Waals surface area contributed by atoms with Gasteiger partial charge in [-0.15, -0.1) is 0 Å². The highest BCUT2D eigenvalue weighted by Crippen LogP contribution is 2.30. The quantitative estimate of drug-likeness (QED) is 0.706. The third kappa shape index (κ3) is 6.50. The zero-order valence-corrected chi connectivity index (χ0v) is 16.5. The second kappa shape index (κ2) is 9.67. The fourth-order valence-corrected chi connectivity index (χ4v) is 3.73. The van der Waals surface area contributed by atoms with Crippen molar-refractivity contribution in [1.82, 2.24) is 10.2 Å². The van der Waals surface area contributed by atoms with Crippen molar-refractivity contribution in [2.24, 2.45) is 0 Å². The Morgan fingerprint density at radius 1 is 1.34 bits per heavy atom. The van der Waals surface area contributed by atoms with Crippen LogP contribution in [0.2, 0.25) is 0 Å². The molecule has 1 amide bonds. The minimum absolute atomic E-state index is 0.0125. The monoisotopic (exact) mass is 416 g/mol. The van der Waals surface area contributed by atoms with Crippen LogP contribution < -0.4 is 14.8 Å². The third-order valence-electron chi connectivity index (χ3n) is 5.25. The highest BCUT2D eigenvalue weighted by molar-refractivity contribution is 5.76. The lowest BCUT2D eigenvalue weighted by Gasteiger charge is -2.35. The van der Waals surface area contributed by atoms with E-state index >= 15 is 0 Å². The summed E-state index contributed by atoms with van der Waals surface area (Å²) in [6.45, 7) is 1.77. The van der Waals surface area contributed by atoms with E-state index in [4.69, 9.17) is 14.2 Å². The summed E-state index contributed by atoms with van der Waals surface area (Å²) in [5.41, 5.74) is 0.783. The number of hydrogen-bond acceptors (Lipinski definition) is 5. The molecule has 29 heavy (non-hydrogen) atoms. The van der Waals surface area contributed by atoms with Crippen molar-refractivity contribution in [3.05, 3.63) is 23.8 Å². The van der Waals surface area contributed by atoms with Gasteiger partial charge in [-0.1, -0.05) is 6.07 Å². The highest BCUT2D eigenvalue weighted by Gasteiger charge is 2.32. The number of benzene rings is 1. The Bertz CT molecular complexity index is 699. The Kier molecular flexibility index (Phi) is 7.23. The summed E-state index contributed by atoms with van der Waals surface area (Å²) >= 11 is 0. The lowest BCUT2D eigenvalue weighted by Crippen LogP contribution is -2.50. The first-order valence-corrected chi connectivity index (χ1v) is 9.83. The van der Waals surface area contributed by atoms with Crippen LogP contribution >= 0.6 is 0 Å². The number of rotatable bonds is 8. The molecule has 0 spiro atoms. The van der Waals surface area contributed by atoms with Crippen LogP contribution in [0.1, 0.15) is 24.8 Å². The number of hydrogen-bond donors (Lipinski definition) is 1. The van der Waals surface area contributed by atoms with Gasteiger partial charge >= 0.3 is 6.18 Å². The number of aryl methyl sites for hydroxylation is 1. The lowest BCUT2D eigenvalue weighted by molar-refractivity contribution is -0.153. The van der Waals surface area contributed by atoms with Crippen LogP contribution in [0.5, 0.6) is 11.5 Å². The molecule has 6 nitrogen and oxygen atoms in total. The SMILES string of the molecule is COc1cc(CCC(=O)NCC2CN3CCCC3CO2)ccc1OCC(F)(F)F. The Labute approximate surface area is 168 Å². The van der Waals surface area contributed by atoms with Crippen molar-refractivity contribution in [2.45, 2.75) is 44.0 Å². The number of fused-ring (bicyclic) bond motifs is 1. The van der Waals surface area contributed by atoms with E-state index in [9.17, 15) is 18.0 Å². The number of methoxy groups -OCH3 is 1. The molecule has 2 saturated heterocycles. The molecule has 2 aliphatic heterocycles. The fraction of sp³-hybridized carbons (Fsp3) is 0.650. The molecule has 1 aromatic rings. The maximum atomic E-state index is 12.3. The van der Waals surface area contributed by atoms with Crippen LogP contribution in [-0.2, 0) is 16.0 Å². The zero-order valence-electron chi connectivity index (χ0n) is 16.5. The molecule has 2 fully saturated rings. The lowest BCUT2D eigenvalue weighted by atomic mass is 10.1. The van der Waals surface area contributed by atoms with Crippen LogP contribution in [0, 0.1) is 0 Å². The number of ether oxygens (including phenoxy) is 3. The first-order chi connectivity index (χ1) is 13.8. The van der Waals surface area contributed by atoms with Crippen molar-refractivity contribution in [2.75, 3.05) is 40.0 Å². The highest BCUT2D eigenvalue weighted by atomic mass is 19.4. The molecule has 3 rings (SSSR count). The Hall–Kier alpha value is -2.00. The van der Waals surface area contributed by atoms with E-state index in [1.807, 2.05) is 0 Å². The standard InChI is InChI=1S/C20H27F3N2O4/c1-27-18-9-14(4-6-17(18)29-13-20(21,22)23)5-7-19(26)24-10-16-11-25-8-2-3-15(25)12-28-16/h4,6,9,15-16H,2-3,5,7-8,10-13H2,1H3,(H,24,26). The Morgan fingerprint density at radius 3 is 2.93 bits per heavy atom. The number of morpholine rings is 1. The minimum Gasteiger partial charge on any atom is -0.493 e. The summed E-state index contributed by atoms with van der Waals surface area (Å²) in [5, 5.41) is 2.91. The van der Waals surface area contributed by atoms with Crippen molar-refractivity contribution in [1.29, 1.82) is 0 Å². The molecule has 1 N–H and O–H groups in total.